The molecule has 1 aromatic heterocycles. The Balaban J connectivity index is 1.54. The summed E-state index contributed by atoms with van der Waals surface area (Å²) >= 11 is 1.38. The molecule has 28 heavy (non-hydrogen) atoms. The van der Waals surface area contributed by atoms with Gasteiger partial charge in [-0.15, -0.1) is 10.2 Å². The zero-order chi connectivity index (χ0) is 19.9. The Bertz CT molecular complexity index is 955. The van der Waals surface area contributed by atoms with E-state index in [9.17, 15) is 4.79 Å². The number of amides is 1. The van der Waals surface area contributed by atoms with Crippen molar-refractivity contribution in [3.63, 3.8) is 0 Å². The third kappa shape index (κ3) is 5.21. The van der Waals surface area contributed by atoms with Crippen molar-refractivity contribution >= 4 is 17.7 Å². The fraction of sp³-hybridized carbons (Fsp3) is 0.286. The first-order valence-electron chi connectivity index (χ1n) is 8.99. The van der Waals surface area contributed by atoms with Gasteiger partial charge in [-0.05, 0) is 24.1 Å². The van der Waals surface area contributed by atoms with E-state index in [1.54, 1.807) is 7.11 Å². The summed E-state index contributed by atoms with van der Waals surface area (Å²) in [5.74, 6) is 1.04. The molecule has 0 saturated heterocycles. The van der Waals surface area contributed by atoms with Gasteiger partial charge in [-0.2, -0.15) is 0 Å². The number of carbonyl (C=O) groups is 1. The van der Waals surface area contributed by atoms with Gasteiger partial charge in [0, 0.05) is 26.3 Å². The van der Waals surface area contributed by atoms with Gasteiger partial charge in [0.1, 0.15) is 0 Å². The number of hydrogen-bond acceptors (Lipinski definition) is 5. The van der Waals surface area contributed by atoms with Crippen molar-refractivity contribution < 1.29 is 9.53 Å². The standard InChI is InChI=1S/C21H24N4O2S/c1-15-6-4-9-18(10-15)20-23-24-21(25(20)2)28-14-19(26)22-12-16-7-5-8-17(11-16)13-27-3/h4-11H,12-14H2,1-3H3,(H,22,26). The highest BCUT2D eigenvalue weighted by molar-refractivity contribution is 7.99. The Morgan fingerprint density at radius 1 is 1.14 bits per heavy atom. The molecule has 0 unspecified atom stereocenters. The van der Waals surface area contributed by atoms with Gasteiger partial charge in [0.15, 0.2) is 11.0 Å². The molecule has 7 heteroatoms. The zero-order valence-corrected chi connectivity index (χ0v) is 17.1. The molecule has 1 amide bonds. The van der Waals surface area contributed by atoms with E-state index in [0.29, 0.717) is 18.3 Å². The summed E-state index contributed by atoms with van der Waals surface area (Å²) in [6.45, 7) is 3.10. The lowest BCUT2D eigenvalue weighted by molar-refractivity contribution is -0.118. The molecule has 3 aromatic rings. The van der Waals surface area contributed by atoms with Crippen LogP contribution in [0.5, 0.6) is 0 Å². The highest BCUT2D eigenvalue weighted by atomic mass is 32.2. The highest BCUT2D eigenvalue weighted by Gasteiger charge is 2.13. The Morgan fingerprint density at radius 2 is 1.93 bits per heavy atom. The SMILES string of the molecule is COCc1cccc(CNC(=O)CSc2nnc(-c3cccc(C)c3)n2C)c1. The van der Waals surface area contributed by atoms with E-state index < -0.39 is 0 Å². The van der Waals surface area contributed by atoms with Crippen LogP contribution in [0.4, 0.5) is 0 Å². The van der Waals surface area contributed by atoms with Crippen molar-refractivity contribution in [2.24, 2.45) is 7.05 Å². The van der Waals surface area contributed by atoms with Crippen LogP contribution in [0.2, 0.25) is 0 Å². The Labute approximate surface area is 169 Å². The second-order valence-electron chi connectivity index (χ2n) is 6.55. The minimum Gasteiger partial charge on any atom is -0.380 e. The summed E-state index contributed by atoms with van der Waals surface area (Å²) in [5.41, 5.74) is 4.32. The minimum absolute atomic E-state index is 0.0396. The molecule has 2 aromatic carbocycles. The lowest BCUT2D eigenvalue weighted by Crippen LogP contribution is -2.24. The lowest BCUT2D eigenvalue weighted by atomic mass is 10.1. The molecule has 0 fully saturated rings. The molecule has 0 radical (unpaired) electrons. The number of thioether (sulfide) groups is 1. The number of nitrogens with zero attached hydrogens (tertiary/aromatic N) is 3. The van der Waals surface area contributed by atoms with Crippen LogP contribution in [0.1, 0.15) is 16.7 Å². The number of aryl methyl sites for hydroxylation is 1. The van der Waals surface area contributed by atoms with Gasteiger partial charge >= 0.3 is 0 Å². The Kier molecular flexibility index (Phi) is 6.84. The third-order valence-electron chi connectivity index (χ3n) is 4.24. The number of hydrogen-bond donors (Lipinski definition) is 1. The van der Waals surface area contributed by atoms with E-state index in [1.165, 1.54) is 17.3 Å². The summed E-state index contributed by atoms with van der Waals surface area (Å²) in [4.78, 5) is 12.2. The van der Waals surface area contributed by atoms with Gasteiger partial charge < -0.3 is 14.6 Å². The maximum absolute atomic E-state index is 12.2. The fourth-order valence-electron chi connectivity index (χ4n) is 2.85. The summed E-state index contributed by atoms with van der Waals surface area (Å²) in [6, 6.07) is 16.1. The molecule has 3 rings (SSSR count). The summed E-state index contributed by atoms with van der Waals surface area (Å²) in [7, 11) is 3.59. The van der Waals surface area contributed by atoms with Crippen LogP contribution in [0, 0.1) is 6.92 Å². The van der Waals surface area contributed by atoms with E-state index >= 15 is 0 Å². The number of nitrogens with one attached hydrogen (secondary N) is 1. The summed E-state index contributed by atoms with van der Waals surface area (Å²) in [6.07, 6.45) is 0. The van der Waals surface area contributed by atoms with Crippen LogP contribution >= 0.6 is 11.8 Å². The van der Waals surface area contributed by atoms with Gasteiger partial charge in [0.05, 0.1) is 12.4 Å². The average Bonchev–Trinajstić information content (AvgIpc) is 3.06. The molecule has 0 spiro atoms. The second-order valence-corrected chi connectivity index (χ2v) is 7.50. The summed E-state index contributed by atoms with van der Waals surface area (Å²) < 4.78 is 7.06. The van der Waals surface area contributed by atoms with Gasteiger partial charge in [-0.25, -0.2) is 0 Å². The first-order valence-corrected chi connectivity index (χ1v) is 9.98. The topological polar surface area (TPSA) is 69.0 Å². The van der Waals surface area contributed by atoms with Gasteiger partial charge in [-0.1, -0.05) is 59.8 Å². The van der Waals surface area contributed by atoms with Crippen LogP contribution < -0.4 is 5.32 Å². The Morgan fingerprint density at radius 3 is 2.71 bits per heavy atom. The van der Waals surface area contributed by atoms with Crippen molar-refractivity contribution in [2.75, 3.05) is 12.9 Å². The molecule has 0 atom stereocenters. The van der Waals surface area contributed by atoms with Crippen LogP contribution in [0.3, 0.4) is 0 Å². The first-order chi connectivity index (χ1) is 13.6. The molecular weight excluding hydrogens is 372 g/mol. The van der Waals surface area contributed by atoms with Gasteiger partial charge in [0.25, 0.3) is 0 Å². The molecular formula is C21H24N4O2S. The van der Waals surface area contributed by atoms with Crippen molar-refractivity contribution in [1.29, 1.82) is 0 Å². The van der Waals surface area contributed by atoms with Gasteiger partial charge in [-0.3, -0.25) is 4.79 Å². The number of carbonyl (C=O) groups excluding carboxylic acids is 1. The van der Waals surface area contributed by atoms with Crippen LogP contribution in [0.15, 0.2) is 53.7 Å². The predicted molar refractivity (Wildman–Crippen MR) is 111 cm³/mol. The van der Waals surface area contributed by atoms with E-state index in [1.807, 2.05) is 61.0 Å². The van der Waals surface area contributed by atoms with Crippen LogP contribution in [-0.4, -0.2) is 33.5 Å². The van der Waals surface area contributed by atoms with E-state index in [0.717, 1.165) is 22.5 Å². The monoisotopic (exact) mass is 396 g/mol. The van der Waals surface area contributed by atoms with Crippen LogP contribution in [0.25, 0.3) is 11.4 Å². The van der Waals surface area contributed by atoms with E-state index in [4.69, 9.17) is 4.74 Å². The maximum atomic E-state index is 12.2. The fourth-order valence-corrected chi connectivity index (χ4v) is 3.59. The number of aromatic nitrogens is 3. The van der Waals surface area contributed by atoms with Crippen LogP contribution in [-0.2, 0) is 29.7 Å². The molecule has 1 heterocycles. The molecule has 146 valence electrons. The number of ether oxygens (including phenoxy) is 1. The largest absolute Gasteiger partial charge is 0.380 e. The molecule has 1 N–H and O–H groups in total. The van der Waals surface area contributed by atoms with E-state index in [-0.39, 0.29) is 11.7 Å². The van der Waals surface area contributed by atoms with Crippen molar-refractivity contribution in [3.8, 4) is 11.4 Å². The quantitative estimate of drug-likeness (QED) is 0.592. The second kappa shape index (κ2) is 9.52. The number of rotatable bonds is 8. The molecule has 0 aliphatic rings. The minimum atomic E-state index is -0.0396. The zero-order valence-electron chi connectivity index (χ0n) is 16.3. The predicted octanol–water partition coefficient (Wildman–Crippen LogP) is 3.35. The van der Waals surface area contributed by atoms with E-state index in [2.05, 4.69) is 21.6 Å². The smallest absolute Gasteiger partial charge is 0.230 e. The van der Waals surface area contributed by atoms with Crippen molar-refractivity contribution in [3.05, 3.63) is 65.2 Å². The lowest BCUT2D eigenvalue weighted by Gasteiger charge is -2.07. The Hall–Kier alpha value is -2.64. The first kappa shape index (κ1) is 20.1. The molecule has 0 aliphatic heterocycles. The summed E-state index contributed by atoms with van der Waals surface area (Å²) in [5, 5.41) is 12.2. The number of methoxy groups -OCH3 is 1. The third-order valence-corrected chi connectivity index (χ3v) is 5.26. The normalized spacial score (nSPS) is 10.8. The highest BCUT2D eigenvalue weighted by Crippen LogP contribution is 2.23. The average molecular weight is 397 g/mol. The van der Waals surface area contributed by atoms with Gasteiger partial charge in [0.2, 0.25) is 5.91 Å². The molecule has 0 bridgehead atoms. The van der Waals surface area contributed by atoms with Crippen molar-refractivity contribution in [1.82, 2.24) is 20.1 Å². The molecule has 6 nitrogen and oxygen atoms in total. The maximum Gasteiger partial charge on any atom is 0.230 e. The number of benzene rings is 2. The molecule has 0 aliphatic carbocycles. The van der Waals surface area contributed by atoms with Crippen molar-refractivity contribution in [2.45, 2.75) is 25.2 Å². The molecule has 0 saturated carbocycles.